The summed E-state index contributed by atoms with van der Waals surface area (Å²) in [5.41, 5.74) is 0.803. The first-order valence-electron chi connectivity index (χ1n) is 4.27. The van der Waals surface area contributed by atoms with E-state index in [1.54, 1.807) is 12.1 Å². The molecule has 0 radical (unpaired) electrons. The molecule has 1 aliphatic carbocycles. The van der Waals surface area contributed by atoms with Gasteiger partial charge in [-0.15, -0.1) is 0 Å². The van der Waals surface area contributed by atoms with E-state index in [1.807, 2.05) is 0 Å². The average Bonchev–Trinajstić information content (AvgIpc) is 2.16. The number of hydrogen-bond donors (Lipinski definition) is 0. The molecule has 14 heavy (non-hydrogen) atoms. The Labute approximate surface area is 97.0 Å². The number of hydrogen-bond acceptors (Lipinski definition) is 1. The van der Waals surface area contributed by atoms with E-state index in [1.165, 1.54) is 0 Å². The van der Waals surface area contributed by atoms with Gasteiger partial charge in [-0.1, -0.05) is 40.9 Å². The molecule has 1 aromatic rings. The number of benzene rings is 1. The molecule has 1 aliphatic rings. The van der Waals surface area contributed by atoms with Crippen LogP contribution in [-0.4, -0.2) is 5.78 Å². The Bertz CT molecular complexity index is 401. The van der Waals surface area contributed by atoms with E-state index in [0.717, 1.165) is 12.0 Å². The molecule has 1 atom stereocenters. The minimum Gasteiger partial charge on any atom is -0.299 e. The summed E-state index contributed by atoms with van der Waals surface area (Å²) in [5, 5.41) is 1.18. The van der Waals surface area contributed by atoms with Gasteiger partial charge in [0.25, 0.3) is 0 Å². The van der Waals surface area contributed by atoms with Crippen molar-refractivity contribution in [1.82, 2.24) is 0 Å². The molecule has 1 fully saturated rings. The smallest absolute Gasteiger partial charge is 0.140 e. The molecule has 4 heteroatoms. The molecule has 0 aromatic heterocycles. The molecule has 0 spiro atoms. The third-order valence-corrected chi connectivity index (χ3v) is 3.82. The van der Waals surface area contributed by atoms with Crippen LogP contribution in [0.25, 0.3) is 0 Å². The number of carbonyl (C=O) groups is 1. The lowest BCUT2D eigenvalue weighted by Gasteiger charge is -2.25. The van der Waals surface area contributed by atoms with Crippen LogP contribution in [0.2, 0.25) is 15.1 Å². The first-order chi connectivity index (χ1) is 6.61. The topological polar surface area (TPSA) is 17.1 Å². The van der Waals surface area contributed by atoms with E-state index in [2.05, 4.69) is 0 Å². The minimum atomic E-state index is -0.0720. The Morgan fingerprint density at radius 3 is 2.36 bits per heavy atom. The normalized spacial score (nSPS) is 20.8. The van der Waals surface area contributed by atoms with Gasteiger partial charge >= 0.3 is 0 Å². The third-order valence-electron chi connectivity index (χ3n) is 2.51. The molecule has 0 saturated heterocycles. The second kappa shape index (κ2) is 3.73. The first kappa shape index (κ1) is 10.3. The fourth-order valence-electron chi connectivity index (χ4n) is 1.55. The molecule has 1 aromatic carbocycles. The second-order valence-electron chi connectivity index (χ2n) is 3.32. The van der Waals surface area contributed by atoms with Crippen LogP contribution in [0.15, 0.2) is 12.1 Å². The predicted octanol–water partition coefficient (Wildman–Crippen LogP) is 4.09. The van der Waals surface area contributed by atoms with Gasteiger partial charge in [0.2, 0.25) is 0 Å². The highest BCUT2D eigenvalue weighted by molar-refractivity contribution is 6.48. The van der Waals surface area contributed by atoms with Crippen LogP contribution >= 0.6 is 34.8 Å². The molecule has 0 amide bonds. The van der Waals surface area contributed by atoms with Gasteiger partial charge in [-0.3, -0.25) is 4.79 Å². The lowest BCUT2D eigenvalue weighted by atomic mass is 9.79. The van der Waals surface area contributed by atoms with Crippen molar-refractivity contribution in [2.24, 2.45) is 0 Å². The van der Waals surface area contributed by atoms with E-state index < -0.39 is 0 Å². The minimum absolute atomic E-state index is 0.0720. The number of halogens is 3. The van der Waals surface area contributed by atoms with Crippen LogP contribution in [0.4, 0.5) is 0 Å². The Balaban J connectivity index is 2.44. The molecular formula is C10H7Cl3O. The largest absolute Gasteiger partial charge is 0.299 e. The van der Waals surface area contributed by atoms with Crippen molar-refractivity contribution in [1.29, 1.82) is 0 Å². The number of carbonyl (C=O) groups excluding carboxylic acids is 1. The van der Waals surface area contributed by atoms with Gasteiger partial charge in [0.1, 0.15) is 5.78 Å². The first-order valence-corrected chi connectivity index (χ1v) is 5.40. The SMILES string of the molecule is O=C1CCC1c1ccc(Cl)c(Cl)c1Cl. The zero-order valence-electron chi connectivity index (χ0n) is 7.19. The van der Waals surface area contributed by atoms with Crippen molar-refractivity contribution in [2.45, 2.75) is 18.8 Å². The quantitative estimate of drug-likeness (QED) is 0.685. The van der Waals surface area contributed by atoms with Crippen LogP contribution in [-0.2, 0) is 4.79 Å². The Kier molecular flexibility index (Phi) is 2.74. The Hall–Kier alpha value is -0.240. The van der Waals surface area contributed by atoms with Crippen molar-refractivity contribution < 1.29 is 4.79 Å². The van der Waals surface area contributed by atoms with Gasteiger partial charge in [-0.25, -0.2) is 0 Å². The maximum Gasteiger partial charge on any atom is 0.140 e. The molecule has 0 N–H and O–H groups in total. The van der Waals surface area contributed by atoms with Gasteiger partial charge in [0.05, 0.1) is 15.1 Å². The summed E-state index contributed by atoms with van der Waals surface area (Å²) in [5.74, 6) is 0.155. The predicted molar refractivity (Wildman–Crippen MR) is 58.5 cm³/mol. The average molecular weight is 250 g/mol. The number of ketones is 1. The molecule has 0 bridgehead atoms. The fourth-order valence-corrected chi connectivity index (χ4v) is 2.22. The summed E-state index contributed by atoms with van der Waals surface area (Å²) in [4.78, 5) is 11.2. The summed E-state index contributed by atoms with van der Waals surface area (Å²) < 4.78 is 0. The Morgan fingerprint density at radius 1 is 1.14 bits per heavy atom. The van der Waals surface area contributed by atoms with Gasteiger partial charge in [0, 0.05) is 12.3 Å². The summed E-state index contributed by atoms with van der Waals surface area (Å²) in [6.07, 6.45) is 1.50. The standard InChI is InChI=1S/C10H7Cl3O/c11-7-3-1-6(9(12)10(7)13)5-2-4-8(5)14/h1,3,5H,2,4H2. The zero-order chi connectivity index (χ0) is 10.3. The molecule has 0 heterocycles. The third kappa shape index (κ3) is 1.54. The van der Waals surface area contributed by atoms with Crippen LogP contribution < -0.4 is 0 Å². The molecular weight excluding hydrogens is 242 g/mol. The summed E-state index contributed by atoms with van der Waals surface area (Å²) in [6, 6.07) is 3.45. The van der Waals surface area contributed by atoms with Gasteiger partial charge in [0.15, 0.2) is 0 Å². The lowest BCUT2D eigenvalue weighted by Crippen LogP contribution is -2.23. The maximum atomic E-state index is 11.2. The van der Waals surface area contributed by atoms with E-state index in [-0.39, 0.29) is 11.7 Å². The molecule has 1 saturated carbocycles. The van der Waals surface area contributed by atoms with E-state index in [9.17, 15) is 4.79 Å². The number of Topliss-reactive ketones (excluding diaryl/α,β-unsaturated/α-hetero) is 1. The number of rotatable bonds is 1. The monoisotopic (exact) mass is 248 g/mol. The van der Waals surface area contributed by atoms with Crippen molar-refractivity contribution in [3.63, 3.8) is 0 Å². The van der Waals surface area contributed by atoms with Crippen molar-refractivity contribution in [2.75, 3.05) is 0 Å². The van der Waals surface area contributed by atoms with E-state index in [0.29, 0.717) is 21.5 Å². The fraction of sp³-hybridized carbons (Fsp3) is 0.300. The maximum absolute atomic E-state index is 11.2. The summed E-state index contributed by atoms with van der Waals surface area (Å²) in [7, 11) is 0. The van der Waals surface area contributed by atoms with E-state index in [4.69, 9.17) is 34.8 Å². The highest BCUT2D eigenvalue weighted by atomic mass is 35.5. The van der Waals surface area contributed by atoms with Crippen LogP contribution in [0.1, 0.15) is 24.3 Å². The van der Waals surface area contributed by atoms with Crippen molar-refractivity contribution >= 4 is 40.6 Å². The van der Waals surface area contributed by atoms with Crippen molar-refractivity contribution in [3.8, 4) is 0 Å². The highest BCUT2D eigenvalue weighted by Gasteiger charge is 2.31. The summed E-state index contributed by atoms with van der Waals surface area (Å²) in [6.45, 7) is 0. The molecule has 1 nitrogen and oxygen atoms in total. The van der Waals surface area contributed by atoms with Crippen LogP contribution in [0.5, 0.6) is 0 Å². The van der Waals surface area contributed by atoms with Crippen molar-refractivity contribution in [3.05, 3.63) is 32.8 Å². The van der Waals surface area contributed by atoms with Crippen LogP contribution in [0.3, 0.4) is 0 Å². The van der Waals surface area contributed by atoms with Gasteiger partial charge in [-0.05, 0) is 18.1 Å². The molecule has 0 aliphatic heterocycles. The molecule has 2 rings (SSSR count). The van der Waals surface area contributed by atoms with Crippen LogP contribution in [0, 0.1) is 0 Å². The molecule has 74 valence electrons. The van der Waals surface area contributed by atoms with Gasteiger partial charge < -0.3 is 0 Å². The zero-order valence-corrected chi connectivity index (χ0v) is 9.46. The Morgan fingerprint density at radius 2 is 1.86 bits per heavy atom. The second-order valence-corrected chi connectivity index (χ2v) is 4.49. The van der Waals surface area contributed by atoms with Gasteiger partial charge in [-0.2, -0.15) is 0 Å². The lowest BCUT2D eigenvalue weighted by molar-refractivity contribution is -0.125. The molecule has 1 unspecified atom stereocenters. The summed E-state index contributed by atoms with van der Waals surface area (Å²) >= 11 is 17.7. The van der Waals surface area contributed by atoms with E-state index >= 15 is 0 Å². The highest BCUT2D eigenvalue weighted by Crippen LogP contribution is 2.41.